The number of rotatable bonds is 4. The Hall–Kier alpha value is -2.82. The minimum atomic E-state index is -4.62. The van der Waals surface area contributed by atoms with E-state index in [1.807, 2.05) is 0 Å². The number of halogens is 3. The molecular weight excluding hydrogens is 395 g/mol. The first-order chi connectivity index (χ1) is 13.1. The molecular formula is C17H16F3N5O2S. The average molecular weight is 411 g/mol. The lowest BCUT2D eigenvalue weighted by Crippen LogP contribution is -2.21. The number of carbonyl (C=O) groups excluding carboxylic acids is 1. The van der Waals surface area contributed by atoms with Crippen LogP contribution in [0, 0.1) is 0 Å². The molecule has 0 radical (unpaired) electrons. The maximum absolute atomic E-state index is 12.9. The van der Waals surface area contributed by atoms with Crippen molar-refractivity contribution in [1.29, 1.82) is 0 Å². The van der Waals surface area contributed by atoms with Crippen LogP contribution in [-0.4, -0.2) is 39.9 Å². The molecule has 0 aliphatic heterocycles. The summed E-state index contributed by atoms with van der Waals surface area (Å²) in [5.74, 6) is -0.501. The Morgan fingerprint density at radius 2 is 2.00 bits per heavy atom. The van der Waals surface area contributed by atoms with Crippen LogP contribution in [0.4, 0.5) is 19.0 Å². The van der Waals surface area contributed by atoms with E-state index < -0.39 is 17.1 Å². The lowest BCUT2D eigenvalue weighted by atomic mass is 10.1. The third-order valence-corrected chi connectivity index (χ3v) is 4.82. The fourth-order valence-electron chi connectivity index (χ4n) is 2.44. The van der Waals surface area contributed by atoms with Gasteiger partial charge in [-0.25, -0.2) is 9.97 Å². The Balaban J connectivity index is 1.92. The van der Waals surface area contributed by atoms with Crippen LogP contribution >= 0.6 is 11.8 Å². The topological polar surface area (TPSA) is 98.1 Å². The number of nitrogens with zero attached hydrogens (tertiary/aromatic N) is 4. The normalized spacial score (nSPS) is 12.9. The monoisotopic (exact) mass is 411 g/mol. The van der Waals surface area contributed by atoms with Crippen LogP contribution in [0.5, 0.6) is 0 Å². The second-order valence-electron chi connectivity index (χ2n) is 6.17. The lowest BCUT2D eigenvalue weighted by Gasteiger charge is -2.12. The number of pyridine rings is 1. The second-order valence-corrected chi connectivity index (χ2v) is 7.48. The Labute approximate surface area is 162 Å². The molecule has 0 saturated carbocycles. The van der Waals surface area contributed by atoms with Crippen LogP contribution in [0.2, 0.25) is 0 Å². The molecule has 2 N–H and O–H groups in total. The van der Waals surface area contributed by atoms with Crippen LogP contribution in [0.25, 0.3) is 11.0 Å². The highest BCUT2D eigenvalue weighted by atomic mass is 32.2. The van der Waals surface area contributed by atoms with E-state index in [0.717, 1.165) is 11.8 Å². The molecule has 3 aromatic heterocycles. The van der Waals surface area contributed by atoms with Gasteiger partial charge in [-0.15, -0.1) is 0 Å². The van der Waals surface area contributed by atoms with Crippen molar-refractivity contribution in [1.82, 2.24) is 19.9 Å². The molecule has 1 amide bonds. The standard InChI is InChI=1S/C17H16F3N5O2S/c1-8(28-16-23-13(17(18,19)20)5-14(21)24-16)11-4-9-10(15(26)25(2)3)7-27-12(9)6-22-11/h4-8H,1-3H3,(H2,21,23,24). The highest BCUT2D eigenvalue weighted by Gasteiger charge is 2.33. The fourth-order valence-corrected chi connectivity index (χ4v) is 3.31. The molecule has 148 valence electrons. The summed E-state index contributed by atoms with van der Waals surface area (Å²) in [5, 5.41) is 0.0589. The summed E-state index contributed by atoms with van der Waals surface area (Å²) in [6.07, 6.45) is -1.80. The second kappa shape index (κ2) is 7.30. The minimum absolute atomic E-state index is 0.112. The third-order valence-electron chi connectivity index (χ3n) is 3.83. The van der Waals surface area contributed by atoms with Crippen LogP contribution < -0.4 is 5.73 Å². The summed E-state index contributed by atoms with van der Waals surface area (Å²) in [6, 6.07) is 2.36. The van der Waals surface area contributed by atoms with Gasteiger partial charge in [0, 0.05) is 25.5 Å². The number of nitrogen functional groups attached to an aromatic ring is 1. The van der Waals surface area contributed by atoms with Crippen LogP contribution in [0.3, 0.4) is 0 Å². The molecule has 11 heteroatoms. The number of anilines is 1. The maximum atomic E-state index is 12.9. The summed E-state index contributed by atoms with van der Waals surface area (Å²) in [7, 11) is 3.24. The van der Waals surface area contributed by atoms with Crippen molar-refractivity contribution in [2.45, 2.75) is 23.5 Å². The van der Waals surface area contributed by atoms with E-state index in [2.05, 4.69) is 15.0 Å². The molecule has 1 atom stereocenters. The average Bonchev–Trinajstić information content (AvgIpc) is 3.02. The Morgan fingerprint density at radius 1 is 1.29 bits per heavy atom. The molecule has 3 aromatic rings. The molecule has 0 spiro atoms. The zero-order valence-corrected chi connectivity index (χ0v) is 15.9. The highest BCUT2D eigenvalue weighted by molar-refractivity contribution is 7.99. The quantitative estimate of drug-likeness (QED) is 0.515. The molecule has 1 unspecified atom stereocenters. The van der Waals surface area contributed by atoms with Crippen molar-refractivity contribution in [3.63, 3.8) is 0 Å². The molecule has 0 aliphatic rings. The Kier molecular flexibility index (Phi) is 5.20. The van der Waals surface area contributed by atoms with E-state index in [9.17, 15) is 18.0 Å². The van der Waals surface area contributed by atoms with Gasteiger partial charge in [-0.2, -0.15) is 13.2 Å². The maximum Gasteiger partial charge on any atom is 0.433 e. The number of thioether (sulfide) groups is 1. The predicted octanol–water partition coefficient (Wildman–Crippen LogP) is 3.77. The van der Waals surface area contributed by atoms with E-state index in [1.165, 1.54) is 17.4 Å². The number of hydrogen-bond donors (Lipinski definition) is 1. The molecule has 7 nitrogen and oxygen atoms in total. The van der Waals surface area contributed by atoms with Gasteiger partial charge in [0.15, 0.2) is 16.4 Å². The summed E-state index contributed by atoms with van der Waals surface area (Å²) in [5.41, 5.74) is 5.72. The van der Waals surface area contributed by atoms with E-state index in [1.54, 1.807) is 27.1 Å². The van der Waals surface area contributed by atoms with E-state index >= 15 is 0 Å². The molecule has 0 saturated heterocycles. The number of hydrogen-bond acceptors (Lipinski definition) is 7. The van der Waals surface area contributed by atoms with E-state index in [-0.39, 0.29) is 16.9 Å². The first-order valence-corrected chi connectivity index (χ1v) is 8.91. The van der Waals surface area contributed by atoms with Crippen molar-refractivity contribution in [2.75, 3.05) is 19.8 Å². The first kappa shape index (κ1) is 19.9. The Bertz CT molecular complexity index is 1040. The highest BCUT2D eigenvalue weighted by Crippen LogP contribution is 2.36. The van der Waals surface area contributed by atoms with Crippen molar-refractivity contribution in [3.8, 4) is 0 Å². The summed E-state index contributed by atoms with van der Waals surface area (Å²) in [4.78, 5) is 25.3. The SMILES string of the molecule is CC(Sc1nc(N)cc(C(F)(F)F)n1)c1cc2c(C(=O)N(C)C)coc2cn1. The largest absolute Gasteiger partial charge is 0.462 e. The van der Waals surface area contributed by atoms with E-state index in [0.29, 0.717) is 28.3 Å². The number of aromatic nitrogens is 3. The molecule has 28 heavy (non-hydrogen) atoms. The van der Waals surface area contributed by atoms with Crippen molar-refractivity contribution in [3.05, 3.63) is 41.5 Å². The van der Waals surface area contributed by atoms with Gasteiger partial charge in [0.25, 0.3) is 5.91 Å². The van der Waals surface area contributed by atoms with Crippen molar-refractivity contribution >= 4 is 34.5 Å². The molecule has 0 aliphatic carbocycles. The summed E-state index contributed by atoms with van der Waals surface area (Å²) >= 11 is 0.982. The van der Waals surface area contributed by atoms with Gasteiger partial charge in [-0.1, -0.05) is 11.8 Å². The fraction of sp³-hybridized carbons (Fsp3) is 0.294. The zero-order valence-electron chi connectivity index (χ0n) is 15.1. The summed E-state index contributed by atoms with van der Waals surface area (Å²) in [6.45, 7) is 1.74. The molecule has 0 fully saturated rings. The molecule has 3 rings (SSSR count). The lowest BCUT2D eigenvalue weighted by molar-refractivity contribution is -0.141. The predicted molar refractivity (Wildman–Crippen MR) is 97.7 cm³/mol. The first-order valence-electron chi connectivity index (χ1n) is 8.03. The summed E-state index contributed by atoms with van der Waals surface area (Å²) < 4.78 is 44.1. The number of furan rings is 1. The van der Waals surface area contributed by atoms with Gasteiger partial charge < -0.3 is 15.1 Å². The van der Waals surface area contributed by atoms with Crippen molar-refractivity contribution in [2.24, 2.45) is 0 Å². The Morgan fingerprint density at radius 3 is 2.64 bits per heavy atom. The molecule has 0 aromatic carbocycles. The van der Waals surface area contributed by atoms with E-state index in [4.69, 9.17) is 10.2 Å². The third kappa shape index (κ3) is 4.03. The van der Waals surface area contributed by atoms with Crippen molar-refractivity contribution < 1.29 is 22.4 Å². The van der Waals surface area contributed by atoms with Gasteiger partial charge in [-0.05, 0) is 13.0 Å². The van der Waals surface area contributed by atoms with Crippen LogP contribution in [0.15, 0.2) is 34.2 Å². The van der Waals surface area contributed by atoms with Gasteiger partial charge in [0.05, 0.1) is 22.7 Å². The van der Waals surface area contributed by atoms with Crippen LogP contribution in [0.1, 0.15) is 33.9 Å². The minimum Gasteiger partial charge on any atom is -0.462 e. The number of amides is 1. The molecule has 0 bridgehead atoms. The number of nitrogens with two attached hydrogens (primary N) is 1. The number of carbonyl (C=O) groups is 1. The smallest absolute Gasteiger partial charge is 0.433 e. The zero-order chi connectivity index (χ0) is 20.6. The van der Waals surface area contributed by atoms with Gasteiger partial charge in [0.1, 0.15) is 12.1 Å². The molecule has 3 heterocycles. The number of alkyl halides is 3. The van der Waals surface area contributed by atoms with Gasteiger partial charge in [0.2, 0.25) is 0 Å². The van der Waals surface area contributed by atoms with Gasteiger partial charge in [-0.3, -0.25) is 9.78 Å². The number of fused-ring (bicyclic) bond motifs is 1. The van der Waals surface area contributed by atoms with Crippen LogP contribution in [-0.2, 0) is 6.18 Å². The van der Waals surface area contributed by atoms with Gasteiger partial charge >= 0.3 is 6.18 Å².